The molecule has 1 aliphatic rings. The van der Waals surface area contributed by atoms with Crippen LogP contribution in [0.5, 0.6) is 0 Å². The van der Waals surface area contributed by atoms with E-state index in [1.165, 1.54) is 7.11 Å². The number of hydrogen-bond donors (Lipinski definition) is 0. The van der Waals surface area contributed by atoms with Crippen molar-refractivity contribution in [2.75, 3.05) is 12.0 Å². The number of rotatable bonds is 3. The topological polar surface area (TPSA) is 46.6 Å². The molecule has 5 heteroatoms. The minimum atomic E-state index is -0.338. The zero-order valence-corrected chi connectivity index (χ0v) is 12.1. The van der Waals surface area contributed by atoms with Gasteiger partial charge >= 0.3 is 0 Å². The fraction of sp³-hybridized carbons (Fsp3) is 0.125. The highest BCUT2D eigenvalue weighted by Crippen LogP contribution is 2.34. The molecule has 0 bridgehead atoms. The van der Waals surface area contributed by atoms with Crippen LogP contribution in [0.25, 0.3) is 0 Å². The van der Waals surface area contributed by atoms with Crippen LogP contribution >= 0.6 is 11.6 Å². The van der Waals surface area contributed by atoms with E-state index in [9.17, 15) is 9.59 Å². The second kappa shape index (κ2) is 5.31. The molecule has 2 amide bonds. The summed E-state index contributed by atoms with van der Waals surface area (Å²) in [6, 6.07) is 11.9. The lowest BCUT2D eigenvalue weighted by Crippen LogP contribution is -2.30. The molecule has 1 heterocycles. The third kappa shape index (κ3) is 2.13. The van der Waals surface area contributed by atoms with Crippen LogP contribution < -0.4 is 4.90 Å². The van der Waals surface area contributed by atoms with Gasteiger partial charge < -0.3 is 4.74 Å². The second-order valence-electron chi connectivity index (χ2n) is 4.66. The molecule has 2 aromatic carbocycles. The Labute approximate surface area is 126 Å². The Balaban J connectivity index is 2.13. The van der Waals surface area contributed by atoms with Crippen molar-refractivity contribution in [1.29, 1.82) is 0 Å². The lowest BCUT2D eigenvalue weighted by molar-refractivity contribution is 0.0925. The van der Waals surface area contributed by atoms with Gasteiger partial charge in [-0.05, 0) is 24.3 Å². The van der Waals surface area contributed by atoms with Crippen molar-refractivity contribution in [3.8, 4) is 0 Å². The Hall–Kier alpha value is -2.17. The third-order valence-electron chi connectivity index (χ3n) is 3.42. The maximum atomic E-state index is 12.5. The molecule has 0 saturated heterocycles. The van der Waals surface area contributed by atoms with E-state index in [1.807, 2.05) is 0 Å². The SMILES string of the molecule is COCc1c(Cl)cccc1N1C(=O)c2ccccc2C1=O. The van der Waals surface area contributed by atoms with Gasteiger partial charge in [0.1, 0.15) is 0 Å². The summed E-state index contributed by atoms with van der Waals surface area (Å²) in [5.41, 5.74) is 1.91. The smallest absolute Gasteiger partial charge is 0.266 e. The van der Waals surface area contributed by atoms with Gasteiger partial charge in [-0.15, -0.1) is 0 Å². The molecule has 0 aliphatic carbocycles. The van der Waals surface area contributed by atoms with Crippen LogP contribution in [0.1, 0.15) is 26.3 Å². The van der Waals surface area contributed by atoms with E-state index < -0.39 is 0 Å². The lowest BCUT2D eigenvalue weighted by Gasteiger charge is -2.18. The Morgan fingerprint density at radius 2 is 1.62 bits per heavy atom. The highest BCUT2D eigenvalue weighted by molar-refractivity contribution is 6.36. The van der Waals surface area contributed by atoms with Gasteiger partial charge in [0.05, 0.1) is 23.4 Å². The van der Waals surface area contributed by atoms with Gasteiger partial charge in [-0.1, -0.05) is 29.8 Å². The molecule has 0 fully saturated rings. The summed E-state index contributed by atoms with van der Waals surface area (Å²) >= 11 is 6.16. The lowest BCUT2D eigenvalue weighted by atomic mass is 10.1. The number of halogens is 1. The molecule has 0 spiro atoms. The fourth-order valence-corrected chi connectivity index (χ4v) is 2.68. The average molecular weight is 302 g/mol. The highest BCUT2D eigenvalue weighted by Gasteiger charge is 2.37. The molecule has 2 aromatic rings. The van der Waals surface area contributed by atoms with Gasteiger partial charge in [-0.3, -0.25) is 9.59 Å². The predicted octanol–water partition coefficient (Wildman–Crippen LogP) is 3.29. The van der Waals surface area contributed by atoms with Crippen molar-refractivity contribution in [3.63, 3.8) is 0 Å². The van der Waals surface area contributed by atoms with Crippen molar-refractivity contribution in [2.24, 2.45) is 0 Å². The largest absolute Gasteiger partial charge is 0.380 e. The van der Waals surface area contributed by atoms with Gasteiger partial charge in [0.15, 0.2) is 0 Å². The highest BCUT2D eigenvalue weighted by atomic mass is 35.5. The van der Waals surface area contributed by atoms with Crippen molar-refractivity contribution in [1.82, 2.24) is 0 Å². The van der Waals surface area contributed by atoms with Gasteiger partial charge in [0.25, 0.3) is 11.8 Å². The Kier molecular flexibility index (Phi) is 3.49. The quantitative estimate of drug-likeness (QED) is 0.817. The summed E-state index contributed by atoms with van der Waals surface area (Å²) in [4.78, 5) is 26.2. The van der Waals surface area contributed by atoms with Gasteiger partial charge in [-0.2, -0.15) is 0 Å². The normalized spacial score (nSPS) is 13.7. The number of imide groups is 1. The van der Waals surface area contributed by atoms with Gasteiger partial charge in [-0.25, -0.2) is 4.90 Å². The first-order chi connectivity index (χ1) is 10.1. The molecular formula is C16H12ClNO3. The number of hydrogen-bond acceptors (Lipinski definition) is 3. The van der Waals surface area contributed by atoms with Crippen LogP contribution in [0.15, 0.2) is 42.5 Å². The van der Waals surface area contributed by atoms with Crippen molar-refractivity contribution in [3.05, 3.63) is 64.2 Å². The van der Waals surface area contributed by atoms with E-state index in [0.717, 1.165) is 4.90 Å². The first-order valence-corrected chi connectivity index (χ1v) is 6.77. The van der Waals surface area contributed by atoms with E-state index >= 15 is 0 Å². The number of nitrogens with zero attached hydrogens (tertiary/aromatic N) is 1. The monoisotopic (exact) mass is 301 g/mol. The van der Waals surface area contributed by atoms with Gasteiger partial charge in [0, 0.05) is 17.7 Å². The number of ether oxygens (including phenoxy) is 1. The molecule has 0 N–H and O–H groups in total. The Morgan fingerprint density at radius 1 is 1.00 bits per heavy atom. The van der Waals surface area contributed by atoms with Crippen LogP contribution in [0.3, 0.4) is 0 Å². The minimum absolute atomic E-state index is 0.225. The van der Waals surface area contributed by atoms with E-state index in [1.54, 1.807) is 42.5 Å². The molecule has 4 nitrogen and oxygen atoms in total. The van der Waals surface area contributed by atoms with Crippen molar-refractivity contribution < 1.29 is 14.3 Å². The number of carbonyl (C=O) groups excluding carboxylic acids is 2. The molecular weight excluding hydrogens is 290 g/mol. The molecule has 0 unspecified atom stereocenters. The van der Waals surface area contributed by atoms with E-state index in [2.05, 4.69) is 0 Å². The Morgan fingerprint density at radius 3 is 2.19 bits per heavy atom. The number of anilines is 1. The first-order valence-electron chi connectivity index (χ1n) is 6.39. The summed E-state index contributed by atoms with van der Waals surface area (Å²) in [7, 11) is 1.54. The van der Waals surface area contributed by atoms with E-state index in [-0.39, 0.29) is 18.4 Å². The zero-order valence-electron chi connectivity index (χ0n) is 11.3. The second-order valence-corrected chi connectivity index (χ2v) is 5.07. The molecule has 3 rings (SSSR count). The molecule has 21 heavy (non-hydrogen) atoms. The predicted molar refractivity (Wildman–Crippen MR) is 79.7 cm³/mol. The molecule has 0 saturated carbocycles. The van der Waals surface area contributed by atoms with E-state index in [0.29, 0.717) is 27.4 Å². The molecule has 0 aromatic heterocycles. The van der Waals surface area contributed by atoms with Crippen molar-refractivity contribution in [2.45, 2.75) is 6.61 Å². The summed E-state index contributed by atoms with van der Waals surface area (Å²) in [5, 5.41) is 0.464. The van der Waals surface area contributed by atoms with Gasteiger partial charge in [0.2, 0.25) is 0 Å². The summed E-state index contributed by atoms with van der Waals surface area (Å²) in [6.45, 7) is 0.225. The number of methoxy groups -OCH3 is 1. The van der Waals surface area contributed by atoms with Crippen LogP contribution in [0.2, 0.25) is 5.02 Å². The zero-order chi connectivity index (χ0) is 15.0. The molecule has 106 valence electrons. The summed E-state index contributed by atoms with van der Waals surface area (Å²) < 4.78 is 5.12. The standard InChI is InChI=1S/C16H12ClNO3/c1-21-9-12-13(17)7-4-8-14(12)18-15(19)10-5-2-3-6-11(10)16(18)20/h2-8H,9H2,1H3. The van der Waals surface area contributed by atoms with Crippen molar-refractivity contribution >= 4 is 29.1 Å². The molecule has 0 atom stereocenters. The number of carbonyl (C=O) groups is 2. The Bertz CT molecular complexity index is 707. The maximum absolute atomic E-state index is 12.5. The van der Waals surface area contributed by atoms with Crippen LogP contribution in [0, 0.1) is 0 Å². The maximum Gasteiger partial charge on any atom is 0.266 e. The fourth-order valence-electron chi connectivity index (χ4n) is 2.45. The number of benzene rings is 2. The minimum Gasteiger partial charge on any atom is -0.380 e. The third-order valence-corrected chi connectivity index (χ3v) is 3.77. The van der Waals surface area contributed by atoms with Crippen LogP contribution in [-0.4, -0.2) is 18.9 Å². The summed E-state index contributed by atoms with van der Waals surface area (Å²) in [5.74, 6) is -0.676. The number of amides is 2. The van der Waals surface area contributed by atoms with Crippen LogP contribution in [0.4, 0.5) is 5.69 Å². The first kappa shape index (κ1) is 13.8. The molecule has 1 aliphatic heterocycles. The number of fused-ring (bicyclic) bond motifs is 1. The van der Waals surface area contributed by atoms with E-state index in [4.69, 9.17) is 16.3 Å². The molecule has 0 radical (unpaired) electrons. The van der Waals surface area contributed by atoms with Crippen LogP contribution in [-0.2, 0) is 11.3 Å². The average Bonchev–Trinajstić information content (AvgIpc) is 2.74. The summed E-state index contributed by atoms with van der Waals surface area (Å²) in [6.07, 6.45) is 0.